The van der Waals surface area contributed by atoms with E-state index in [1.54, 1.807) is 36.4 Å². The maximum atomic E-state index is 13.3. The van der Waals surface area contributed by atoms with Crippen LogP contribution in [-0.2, 0) is 14.8 Å². The van der Waals surface area contributed by atoms with Crippen molar-refractivity contribution in [1.82, 2.24) is 5.43 Å². The Hall–Kier alpha value is -3.57. The van der Waals surface area contributed by atoms with Crippen LogP contribution < -0.4 is 9.73 Å². The van der Waals surface area contributed by atoms with Crippen LogP contribution in [0.5, 0.6) is 0 Å². The number of aryl methyl sites for hydroxylation is 1. The first-order valence-corrected chi connectivity index (χ1v) is 11.8. The second-order valence-electron chi connectivity index (χ2n) is 6.95. The van der Waals surface area contributed by atoms with Gasteiger partial charge in [0.15, 0.2) is 0 Å². The van der Waals surface area contributed by atoms with Crippen LogP contribution >= 0.6 is 15.9 Å². The summed E-state index contributed by atoms with van der Waals surface area (Å²) < 4.78 is 28.3. The molecule has 33 heavy (non-hydrogen) atoms. The van der Waals surface area contributed by atoms with Crippen LogP contribution in [0.1, 0.15) is 11.1 Å². The van der Waals surface area contributed by atoms with Gasteiger partial charge in [-0.2, -0.15) is 5.10 Å². The third-order valence-electron chi connectivity index (χ3n) is 4.50. The van der Waals surface area contributed by atoms with Gasteiger partial charge in [0.2, 0.25) is 0 Å². The second kappa shape index (κ2) is 10.4. The molecule has 0 spiro atoms. The van der Waals surface area contributed by atoms with Gasteiger partial charge in [-0.1, -0.05) is 39.7 Å². The van der Waals surface area contributed by atoms with Crippen molar-refractivity contribution in [3.63, 3.8) is 0 Å². The Balaban J connectivity index is 1.80. The van der Waals surface area contributed by atoms with Crippen molar-refractivity contribution in [3.8, 4) is 0 Å². The van der Waals surface area contributed by atoms with Gasteiger partial charge >= 0.3 is 0 Å². The molecule has 1 N–H and O–H groups in total. The van der Waals surface area contributed by atoms with E-state index in [1.165, 1.54) is 42.6 Å². The number of nitrogens with zero attached hydrogens (tertiary/aromatic N) is 3. The number of hydrogen-bond donors (Lipinski definition) is 1. The number of non-ortho nitro benzene ring substituents is 1. The lowest BCUT2D eigenvalue weighted by Gasteiger charge is -2.24. The van der Waals surface area contributed by atoms with E-state index < -0.39 is 27.4 Å². The van der Waals surface area contributed by atoms with Crippen LogP contribution in [0.3, 0.4) is 0 Å². The fourth-order valence-electron chi connectivity index (χ4n) is 2.81. The van der Waals surface area contributed by atoms with Gasteiger partial charge in [0, 0.05) is 16.6 Å². The minimum atomic E-state index is -4.04. The van der Waals surface area contributed by atoms with Crippen LogP contribution in [0.25, 0.3) is 0 Å². The molecule has 0 atom stereocenters. The number of nitro groups is 1. The standard InChI is InChI=1S/C22H19BrN4O5S/c1-16-5-11-21(12-6-16)33(31,32)26(20-4-2-3-18(23)13-20)15-22(28)25-24-14-17-7-9-19(10-8-17)27(29)30/h2-14H,15H2,1H3,(H,25,28)/b24-14-. The zero-order valence-corrected chi connectivity index (χ0v) is 19.8. The summed E-state index contributed by atoms with van der Waals surface area (Å²) in [4.78, 5) is 22.8. The average molecular weight is 531 g/mol. The monoisotopic (exact) mass is 530 g/mol. The van der Waals surface area contributed by atoms with Gasteiger partial charge in [-0.3, -0.25) is 19.2 Å². The number of benzene rings is 3. The number of rotatable bonds is 8. The zero-order chi connectivity index (χ0) is 24.0. The van der Waals surface area contributed by atoms with Crippen molar-refractivity contribution in [3.05, 3.63) is 98.5 Å². The zero-order valence-electron chi connectivity index (χ0n) is 17.4. The number of anilines is 1. The summed E-state index contributed by atoms with van der Waals surface area (Å²) in [6, 6.07) is 18.5. The molecule has 0 bridgehead atoms. The van der Waals surface area contributed by atoms with Gasteiger partial charge < -0.3 is 0 Å². The molecule has 0 saturated heterocycles. The molecule has 0 aliphatic rings. The van der Waals surface area contributed by atoms with E-state index in [-0.39, 0.29) is 10.6 Å². The Bertz CT molecular complexity index is 1290. The lowest BCUT2D eigenvalue weighted by Crippen LogP contribution is -2.39. The number of sulfonamides is 1. The fraction of sp³-hybridized carbons (Fsp3) is 0.0909. The molecule has 1 amide bonds. The molecular weight excluding hydrogens is 512 g/mol. The molecule has 0 fully saturated rings. The van der Waals surface area contributed by atoms with E-state index in [9.17, 15) is 23.3 Å². The Morgan fingerprint density at radius 3 is 2.39 bits per heavy atom. The summed E-state index contributed by atoms with van der Waals surface area (Å²) in [6.45, 7) is 1.34. The van der Waals surface area contributed by atoms with Crippen molar-refractivity contribution in [2.24, 2.45) is 5.10 Å². The van der Waals surface area contributed by atoms with Crippen LogP contribution in [-0.4, -0.2) is 32.0 Å². The molecule has 0 aliphatic heterocycles. The molecule has 0 saturated carbocycles. The Labute approximate surface area is 199 Å². The molecule has 3 rings (SSSR count). The summed E-state index contributed by atoms with van der Waals surface area (Å²) in [6.07, 6.45) is 1.31. The molecule has 0 unspecified atom stereocenters. The van der Waals surface area contributed by atoms with Gasteiger partial charge in [-0.05, 0) is 55.0 Å². The topological polar surface area (TPSA) is 122 Å². The molecule has 170 valence electrons. The van der Waals surface area contributed by atoms with Crippen molar-refractivity contribution in [2.75, 3.05) is 10.8 Å². The van der Waals surface area contributed by atoms with E-state index in [0.29, 0.717) is 15.7 Å². The third-order valence-corrected chi connectivity index (χ3v) is 6.78. The number of nitro benzene ring substituents is 1. The highest BCUT2D eigenvalue weighted by Crippen LogP contribution is 2.26. The Morgan fingerprint density at radius 2 is 1.79 bits per heavy atom. The summed E-state index contributed by atoms with van der Waals surface area (Å²) in [7, 11) is -4.04. The number of nitrogens with one attached hydrogen (secondary N) is 1. The van der Waals surface area contributed by atoms with Crippen molar-refractivity contribution in [1.29, 1.82) is 0 Å². The molecule has 3 aromatic rings. The molecular formula is C22H19BrN4O5S. The normalized spacial score (nSPS) is 11.3. The lowest BCUT2D eigenvalue weighted by atomic mass is 10.2. The maximum absolute atomic E-state index is 13.3. The molecule has 0 aromatic heterocycles. The Morgan fingerprint density at radius 1 is 1.12 bits per heavy atom. The lowest BCUT2D eigenvalue weighted by molar-refractivity contribution is -0.384. The summed E-state index contributed by atoms with van der Waals surface area (Å²) in [5, 5.41) is 14.5. The quantitative estimate of drug-likeness (QED) is 0.267. The van der Waals surface area contributed by atoms with Crippen LogP contribution in [0.15, 0.2) is 87.3 Å². The van der Waals surface area contributed by atoms with Gasteiger partial charge in [0.1, 0.15) is 6.54 Å². The largest absolute Gasteiger partial charge is 0.271 e. The Kier molecular flexibility index (Phi) is 7.56. The number of halogens is 1. The fourth-order valence-corrected chi connectivity index (χ4v) is 4.61. The smallest absolute Gasteiger partial charge is 0.269 e. The highest BCUT2D eigenvalue weighted by Gasteiger charge is 2.27. The number of carbonyl (C=O) groups is 1. The van der Waals surface area contributed by atoms with E-state index in [4.69, 9.17) is 0 Å². The SMILES string of the molecule is Cc1ccc(S(=O)(=O)N(CC(=O)N/N=C\c2ccc([N+](=O)[O-])cc2)c2cccc(Br)c2)cc1. The van der Waals surface area contributed by atoms with Gasteiger partial charge in [-0.15, -0.1) is 0 Å². The number of hydrogen-bond acceptors (Lipinski definition) is 6. The summed E-state index contributed by atoms with van der Waals surface area (Å²) in [5.41, 5.74) is 3.96. The van der Waals surface area contributed by atoms with Gasteiger partial charge in [0.25, 0.3) is 21.6 Å². The number of carbonyl (C=O) groups excluding carboxylic acids is 1. The molecule has 0 radical (unpaired) electrons. The highest BCUT2D eigenvalue weighted by atomic mass is 79.9. The number of hydrazone groups is 1. The molecule has 3 aromatic carbocycles. The summed E-state index contributed by atoms with van der Waals surface area (Å²) in [5.74, 6) is -0.663. The predicted octanol–water partition coefficient (Wildman–Crippen LogP) is 4.01. The van der Waals surface area contributed by atoms with Crippen LogP contribution in [0, 0.1) is 17.0 Å². The maximum Gasteiger partial charge on any atom is 0.269 e. The molecule has 0 aliphatic carbocycles. The minimum Gasteiger partial charge on any atom is -0.271 e. The van der Waals surface area contributed by atoms with E-state index in [1.807, 2.05) is 6.92 Å². The van der Waals surface area contributed by atoms with Crippen molar-refractivity contribution >= 4 is 49.4 Å². The minimum absolute atomic E-state index is 0.0512. The average Bonchev–Trinajstić information content (AvgIpc) is 2.78. The summed E-state index contributed by atoms with van der Waals surface area (Å²) >= 11 is 3.32. The van der Waals surface area contributed by atoms with Crippen molar-refractivity contribution < 1.29 is 18.1 Å². The van der Waals surface area contributed by atoms with Gasteiger partial charge in [0.05, 0.1) is 21.7 Å². The highest BCUT2D eigenvalue weighted by molar-refractivity contribution is 9.10. The molecule has 0 heterocycles. The second-order valence-corrected chi connectivity index (χ2v) is 9.72. The molecule has 9 nitrogen and oxygen atoms in total. The predicted molar refractivity (Wildman–Crippen MR) is 129 cm³/mol. The van der Waals surface area contributed by atoms with E-state index in [2.05, 4.69) is 26.5 Å². The van der Waals surface area contributed by atoms with Crippen molar-refractivity contribution in [2.45, 2.75) is 11.8 Å². The van der Waals surface area contributed by atoms with Crippen LogP contribution in [0.4, 0.5) is 11.4 Å². The first-order chi connectivity index (χ1) is 15.7. The first-order valence-electron chi connectivity index (χ1n) is 9.58. The van der Waals surface area contributed by atoms with E-state index in [0.717, 1.165) is 9.87 Å². The van der Waals surface area contributed by atoms with Gasteiger partial charge in [-0.25, -0.2) is 13.8 Å². The number of amides is 1. The van der Waals surface area contributed by atoms with Crippen LogP contribution in [0.2, 0.25) is 0 Å². The van der Waals surface area contributed by atoms with E-state index >= 15 is 0 Å². The molecule has 11 heteroatoms. The first kappa shape index (κ1) is 24.1. The third kappa shape index (κ3) is 6.24.